The van der Waals surface area contributed by atoms with E-state index in [0.717, 1.165) is 11.6 Å². The molecular formula is C18H20F2N2O2. The first-order valence-electron chi connectivity index (χ1n) is 7.58. The standard InChI is InChI=1S/C18H20F2N2O2/c1-12(15-8-7-14(19)9-16(15)20)21-11-18(23)22-10-13-5-3-4-6-17(13)24-2/h3-9,12,21H,10-11H2,1-2H3,(H,22,23)/t12-/m1/s1. The highest BCUT2D eigenvalue weighted by molar-refractivity contribution is 5.78. The van der Waals surface area contributed by atoms with Gasteiger partial charge in [0.15, 0.2) is 0 Å². The van der Waals surface area contributed by atoms with Crippen LogP contribution in [0.4, 0.5) is 8.78 Å². The van der Waals surface area contributed by atoms with Crippen molar-refractivity contribution in [2.75, 3.05) is 13.7 Å². The number of ether oxygens (including phenoxy) is 1. The fourth-order valence-electron chi connectivity index (χ4n) is 2.31. The topological polar surface area (TPSA) is 50.4 Å². The number of carbonyl (C=O) groups excluding carboxylic acids is 1. The van der Waals surface area contributed by atoms with Gasteiger partial charge in [-0.25, -0.2) is 8.78 Å². The fourth-order valence-corrected chi connectivity index (χ4v) is 2.31. The van der Waals surface area contributed by atoms with E-state index in [1.807, 2.05) is 24.3 Å². The number of hydrogen-bond donors (Lipinski definition) is 2. The molecule has 1 atom stereocenters. The average molecular weight is 334 g/mol. The van der Waals surface area contributed by atoms with Gasteiger partial charge in [0.2, 0.25) is 5.91 Å². The van der Waals surface area contributed by atoms with E-state index in [9.17, 15) is 13.6 Å². The number of rotatable bonds is 7. The summed E-state index contributed by atoms with van der Waals surface area (Å²) in [5, 5.41) is 5.69. The van der Waals surface area contributed by atoms with E-state index in [4.69, 9.17) is 4.74 Å². The third-order valence-corrected chi connectivity index (χ3v) is 3.67. The highest BCUT2D eigenvalue weighted by Crippen LogP contribution is 2.18. The smallest absolute Gasteiger partial charge is 0.234 e. The molecule has 0 fully saturated rings. The molecule has 0 unspecified atom stereocenters. The second-order valence-corrected chi connectivity index (χ2v) is 5.36. The van der Waals surface area contributed by atoms with Crippen molar-refractivity contribution in [2.45, 2.75) is 19.5 Å². The Hall–Kier alpha value is -2.47. The van der Waals surface area contributed by atoms with Crippen molar-refractivity contribution in [1.29, 1.82) is 0 Å². The number of amides is 1. The summed E-state index contributed by atoms with van der Waals surface area (Å²) in [6.07, 6.45) is 0. The number of methoxy groups -OCH3 is 1. The molecule has 1 amide bonds. The number of hydrogen-bond acceptors (Lipinski definition) is 3. The minimum atomic E-state index is -0.635. The number of benzene rings is 2. The lowest BCUT2D eigenvalue weighted by Gasteiger charge is -2.15. The molecule has 0 heterocycles. The first-order chi connectivity index (χ1) is 11.5. The molecule has 0 aliphatic carbocycles. The molecule has 0 aliphatic heterocycles. The Morgan fingerprint density at radius 2 is 1.96 bits per heavy atom. The molecule has 0 bridgehead atoms. The molecular weight excluding hydrogens is 314 g/mol. The van der Waals surface area contributed by atoms with Crippen LogP contribution in [0.15, 0.2) is 42.5 Å². The summed E-state index contributed by atoms with van der Waals surface area (Å²) < 4.78 is 31.8. The minimum absolute atomic E-state index is 0.0210. The quantitative estimate of drug-likeness (QED) is 0.818. The fraction of sp³-hybridized carbons (Fsp3) is 0.278. The van der Waals surface area contributed by atoms with Gasteiger partial charge in [0.05, 0.1) is 13.7 Å². The molecule has 0 aliphatic rings. The average Bonchev–Trinajstić information content (AvgIpc) is 2.58. The van der Waals surface area contributed by atoms with E-state index in [0.29, 0.717) is 17.9 Å². The Balaban J connectivity index is 1.84. The Bertz CT molecular complexity index is 707. The van der Waals surface area contributed by atoms with Crippen LogP contribution in [0, 0.1) is 11.6 Å². The first-order valence-corrected chi connectivity index (χ1v) is 7.58. The van der Waals surface area contributed by atoms with Gasteiger partial charge in [0.25, 0.3) is 0 Å². The van der Waals surface area contributed by atoms with Crippen molar-refractivity contribution >= 4 is 5.91 Å². The van der Waals surface area contributed by atoms with Crippen molar-refractivity contribution in [2.24, 2.45) is 0 Å². The molecule has 128 valence electrons. The van der Waals surface area contributed by atoms with E-state index >= 15 is 0 Å². The Kier molecular flexibility index (Phi) is 6.26. The number of halogens is 2. The predicted octanol–water partition coefficient (Wildman–Crippen LogP) is 2.94. The maximum Gasteiger partial charge on any atom is 0.234 e. The predicted molar refractivity (Wildman–Crippen MR) is 87.6 cm³/mol. The summed E-state index contributed by atoms with van der Waals surface area (Å²) in [6.45, 7) is 2.07. The molecule has 0 aromatic heterocycles. The van der Waals surface area contributed by atoms with Crippen molar-refractivity contribution < 1.29 is 18.3 Å². The SMILES string of the molecule is COc1ccccc1CNC(=O)CN[C@H](C)c1ccc(F)cc1F. The normalized spacial score (nSPS) is 11.8. The highest BCUT2D eigenvalue weighted by Gasteiger charge is 2.13. The van der Waals surface area contributed by atoms with Gasteiger partial charge < -0.3 is 15.4 Å². The van der Waals surface area contributed by atoms with E-state index < -0.39 is 17.7 Å². The van der Waals surface area contributed by atoms with Crippen LogP contribution >= 0.6 is 0 Å². The number of carbonyl (C=O) groups is 1. The van der Waals surface area contributed by atoms with Gasteiger partial charge in [-0.15, -0.1) is 0 Å². The van der Waals surface area contributed by atoms with Crippen LogP contribution in [0.2, 0.25) is 0 Å². The van der Waals surface area contributed by atoms with Crippen molar-refractivity contribution in [3.63, 3.8) is 0 Å². The minimum Gasteiger partial charge on any atom is -0.496 e. The maximum absolute atomic E-state index is 13.7. The second-order valence-electron chi connectivity index (χ2n) is 5.36. The van der Waals surface area contributed by atoms with Gasteiger partial charge in [0, 0.05) is 29.8 Å². The van der Waals surface area contributed by atoms with Crippen LogP contribution < -0.4 is 15.4 Å². The second kappa shape index (κ2) is 8.40. The molecule has 6 heteroatoms. The van der Waals surface area contributed by atoms with Crippen molar-refractivity contribution in [1.82, 2.24) is 10.6 Å². The zero-order chi connectivity index (χ0) is 17.5. The number of para-hydroxylation sites is 1. The summed E-state index contributed by atoms with van der Waals surface area (Å²) in [5.41, 5.74) is 1.18. The van der Waals surface area contributed by atoms with Gasteiger partial charge in [0.1, 0.15) is 17.4 Å². The monoisotopic (exact) mass is 334 g/mol. The summed E-state index contributed by atoms with van der Waals surface area (Å²) in [4.78, 5) is 11.9. The van der Waals surface area contributed by atoms with E-state index in [1.165, 1.54) is 12.1 Å². The van der Waals surface area contributed by atoms with Crippen LogP contribution in [-0.2, 0) is 11.3 Å². The lowest BCUT2D eigenvalue weighted by Crippen LogP contribution is -2.35. The molecule has 24 heavy (non-hydrogen) atoms. The molecule has 0 saturated carbocycles. The molecule has 2 aromatic carbocycles. The lowest BCUT2D eigenvalue weighted by atomic mass is 10.1. The van der Waals surface area contributed by atoms with E-state index in [-0.39, 0.29) is 12.5 Å². The van der Waals surface area contributed by atoms with Gasteiger partial charge in [-0.1, -0.05) is 24.3 Å². The Morgan fingerprint density at radius 1 is 1.21 bits per heavy atom. The summed E-state index contributed by atoms with van der Waals surface area (Å²) in [6, 6.07) is 10.4. The summed E-state index contributed by atoms with van der Waals surface area (Å²) >= 11 is 0. The maximum atomic E-state index is 13.7. The lowest BCUT2D eigenvalue weighted by molar-refractivity contribution is -0.120. The van der Waals surface area contributed by atoms with Crippen molar-refractivity contribution in [3.05, 3.63) is 65.2 Å². The van der Waals surface area contributed by atoms with Crippen LogP contribution in [0.1, 0.15) is 24.1 Å². The van der Waals surface area contributed by atoms with Crippen molar-refractivity contribution in [3.8, 4) is 5.75 Å². The first kappa shape index (κ1) is 17.9. The van der Waals surface area contributed by atoms with E-state index in [1.54, 1.807) is 14.0 Å². The number of nitrogens with one attached hydrogen (secondary N) is 2. The largest absolute Gasteiger partial charge is 0.496 e. The molecule has 0 spiro atoms. The van der Waals surface area contributed by atoms with Crippen LogP contribution in [0.5, 0.6) is 5.75 Å². The van der Waals surface area contributed by atoms with Gasteiger partial charge in [-0.05, 0) is 19.1 Å². The molecule has 4 nitrogen and oxygen atoms in total. The summed E-state index contributed by atoms with van der Waals surface area (Å²) in [5.74, 6) is -0.787. The molecule has 2 N–H and O–H groups in total. The van der Waals surface area contributed by atoms with Crippen LogP contribution in [0.25, 0.3) is 0 Å². The zero-order valence-electron chi connectivity index (χ0n) is 13.6. The molecule has 0 radical (unpaired) electrons. The third-order valence-electron chi connectivity index (χ3n) is 3.67. The molecule has 0 saturated heterocycles. The van der Waals surface area contributed by atoms with Crippen LogP contribution in [0.3, 0.4) is 0 Å². The Morgan fingerprint density at radius 3 is 2.67 bits per heavy atom. The zero-order valence-corrected chi connectivity index (χ0v) is 13.6. The Labute approximate surface area is 139 Å². The van der Waals surface area contributed by atoms with Crippen LogP contribution in [-0.4, -0.2) is 19.6 Å². The van der Waals surface area contributed by atoms with Gasteiger partial charge in [-0.2, -0.15) is 0 Å². The summed E-state index contributed by atoms with van der Waals surface area (Å²) in [7, 11) is 1.57. The third kappa shape index (κ3) is 4.76. The van der Waals surface area contributed by atoms with Gasteiger partial charge in [-0.3, -0.25) is 4.79 Å². The van der Waals surface area contributed by atoms with Gasteiger partial charge >= 0.3 is 0 Å². The molecule has 2 aromatic rings. The van der Waals surface area contributed by atoms with E-state index in [2.05, 4.69) is 10.6 Å². The molecule has 2 rings (SSSR count). The highest BCUT2D eigenvalue weighted by atomic mass is 19.1.